The van der Waals surface area contributed by atoms with Crippen LogP contribution in [0.2, 0.25) is 0 Å². The predicted octanol–water partition coefficient (Wildman–Crippen LogP) is 0.903. The molecule has 0 amide bonds. The van der Waals surface area contributed by atoms with E-state index in [1.54, 1.807) is 24.3 Å². The van der Waals surface area contributed by atoms with Crippen LogP contribution in [0.1, 0.15) is 5.56 Å². The second kappa shape index (κ2) is 4.71. The van der Waals surface area contributed by atoms with E-state index in [1.807, 2.05) is 6.92 Å². The number of aromatic nitrogens is 2. The molecule has 0 spiro atoms. The largest absolute Gasteiger partial charge is 0.307 e. The molecule has 0 unspecified atom stereocenters. The summed E-state index contributed by atoms with van der Waals surface area (Å²) in [7, 11) is -3.62. The number of nitrogen functional groups attached to an aromatic ring is 1. The molecule has 0 bridgehead atoms. The van der Waals surface area contributed by atoms with E-state index in [0.717, 1.165) is 5.56 Å². The molecule has 0 saturated carbocycles. The highest BCUT2D eigenvalue weighted by atomic mass is 32.2. The number of rotatable bonds is 3. The lowest BCUT2D eigenvalue weighted by atomic mass is 10.2. The Bertz CT molecular complexity index is 636. The first-order valence-corrected chi connectivity index (χ1v) is 6.64. The van der Waals surface area contributed by atoms with Gasteiger partial charge < -0.3 is 5.43 Å². The number of nitrogens with one attached hydrogen (secondary N) is 1. The molecule has 0 atom stereocenters. The van der Waals surface area contributed by atoms with E-state index in [2.05, 4.69) is 15.6 Å². The SMILES string of the molecule is Cc1ccc(S(=O)(=O)c2ccc(NN)nn2)cc1. The van der Waals surface area contributed by atoms with Crippen molar-refractivity contribution in [2.45, 2.75) is 16.8 Å². The van der Waals surface area contributed by atoms with E-state index in [-0.39, 0.29) is 9.92 Å². The summed E-state index contributed by atoms with van der Waals surface area (Å²) in [6.07, 6.45) is 0. The average molecular weight is 264 g/mol. The van der Waals surface area contributed by atoms with Gasteiger partial charge in [-0.2, -0.15) is 0 Å². The Morgan fingerprint density at radius 1 is 1.06 bits per heavy atom. The molecule has 0 radical (unpaired) electrons. The Morgan fingerprint density at radius 3 is 2.22 bits per heavy atom. The van der Waals surface area contributed by atoms with Crippen LogP contribution < -0.4 is 11.3 Å². The Labute approximate surface area is 105 Å². The molecule has 0 aliphatic carbocycles. The fourth-order valence-corrected chi connectivity index (χ4v) is 2.51. The molecule has 2 rings (SSSR count). The molecule has 7 heteroatoms. The minimum Gasteiger partial charge on any atom is -0.307 e. The molecule has 0 fully saturated rings. The first kappa shape index (κ1) is 12.5. The topological polar surface area (TPSA) is 98.0 Å². The number of hydrogen-bond donors (Lipinski definition) is 2. The van der Waals surface area contributed by atoms with Crippen molar-refractivity contribution in [2.75, 3.05) is 5.43 Å². The van der Waals surface area contributed by atoms with Crippen LogP contribution in [0, 0.1) is 6.92 Å². The molecule has 1 heterocycles. The van der Waals surface area contributed by atoms with Crippen molar-refractivity contribution in [3.8, 4) is 0 Å². The zero-order valence-electron chi connectivity index (χ0n) is 9.66. The number of anilines is 1. The lowest BCUT2D eigenvalue weighted by Crippen LogP contribution is -2.11. The summed E-state index contributed by atoms with van der Waals surface area (Å²) in [4.78, 5) is 0.191. The monoisotopic (exact) mass is 264 g/mol. The van der Waals surface area contributed by atoms with Crippen molar-refractivity contribution >= 4 is 15.7 Å². The molecule has 0 aliphatic rings. The fourth-order valence-electron chi connectivity index (χ4n) is 1.38. The summed E-state index contributed by atoms with van der Waals surface area (Å²) in [5, 5.41) is 7.17. The Hall–Kier alpha value is -1.99. The summed E-state index contributed by atoms with van der Waals surface area (Å²) in [5.74, 6) is 5.44. The van der Waals surface area contributed by atoms with E-state index < -0.39 is 9.84 Å². The maximum Gasteiger partial charge on any atom is 0.225 e. The molecule has 3 N–H and O–H groups in total. The summed E-state index contributed by atoms with van der Waals surface area (Å²) in [6, 6.07) is 9.36. The molecule has 0 aliphatic heterocycles. The maximum absolute atomic E-state index is 12.2. The second-order valence-corrected chi connectivity index (χ2v) is 5.61. The van der Waals surface area contributed by atoms with E-state index in [9.17, 15) is 8.42 Å². The average Bonchev–Trinajstić information content (AvgIpc) is 2.39. The maximum atomic E-state index is 12.2. The van der Waals surface area contributed by atoms with Crippen LogP contribution in [-0.4, -0.2) is 18.6 Å². The summed E-state index contributed by atoms with van der Waals surface area (Å²) in [6.45, 7) is 1.89. The quantitative estimate of drug-likeness (QED) is 0.631. The molecular formula is C11H12N4O2S. The van der Waals surface area contributed by atoms with Crippen molar-refractivity contribution in [1.29, 1.82) is 0 Å². The summed E-state index contributed by atoms with van der Waals surface area (Å²) < 4.78 is 24.4. The first-order chi connectivity index (χ1) is 8.54. The van der Waals surface area contributed by atoms with Crippen molar-refractivity contribution < 1.29 is 8.42 Å². The Kier molecular flexibility index (Phi) is 3.26. The number of benzene rings is 1. The Morgan fingerprint density at radius 2 is 1.72 bits per heavy atom. The summed E-state index contributed by atoms with van der Waals surface area (Å²) in [5.41, 5.74) is 3.27. The zero-order valence-corrected chi connectivity index (χ0v) is 10.5. The van der Waals surface area contributed by atoms with Crippen molar-refractivity contribution in [3.63, 3.8) is 0 Å². The van der Waals surface area contributed by atoms with Gasteiger partial charge >= 0.3 is 0 Å². The van der Waals surface area contributed by atoms with Gasteiger partial charge in [-0.3, -0.25) is 0 Å². The lowest BCUT2D eigenvalue weighted by molar-refractivity contribution is 0.590. The molecule has 94 valence electrons. The van der Waals surface area contributed by atoms with Gasteiger partial charge in [0, 0.05) is 0 Å². The van der Waals surface area contributed by atoms with Crippen molar-refractivity contribution in [1.82, 2.24) is 10.2 Å². The third-order valence-corrected chi connectivity index (χ3v) is 4.06. The van der Waals surface area contributed by atoms with Crippen molar-refractivity contribution in [2.24, 2.45) is 5.84 Å². The number of hydrogen-bond acceptors (Lipinski definition) is 6. The number of nitrogens with zero attached hydrogens (tertiary/aromatic N) is 2. The first-order valence-electron chi connectivity index (χ1n) is 5.16. The van der Waals surface area contributed by atoms with Crippen LogP contribution in [0.15, 0.2) is 46.3 Å². The van der Waals surface area contributed by atoms with Gasteiger partial charge in [0.05, 0.1) is 4.90 Å². The van der Waals surface area contributed by atoms with Gasteiger partial charge in [0.25, 0.3) is 0 Å². The van der Waals surface area contributed by atoms with Gasteiger partial charge in [0.2, 0.25) is 9.84 Å². The van der Waals surface area contributed by atoms with Crippen LogP contribution in [0.4, 0.5) is 5.82 Å². The van der Waals surface area contributed by atoms with Crippen LogP contribution in [-0.2, 0) is 9.84 Å². The normalized spacial score (nSPS) is 11.2. The van der Waals surface area contributed by atoms with Crippen LogP contribution in [0.25, 0.3) is 0 Å². The molecule has 1 aromatic heterocycles. The highest BCUT2D eigenvalue weighted by molar-refractivity contribution is 7.91. The zero-order chi connectivity index (χ0) is 13.2. The van der Waals surface area contributed by atoms with Gasteiger partial charge in [-0.25, -0.2) is 14.3 Å². The molecular weight excluding hydrogens is 252 g/mol. The Balaban J connectivity index is 2.44. The molecule has 6 nitrogen and oxygen atoms in total. The highest BCUT2D eigenvalue weighted by Gasteiger charge is 2.19. The standard InChI is InChI=1S/C11H12N4O2S/c1-8-2-4-9(5-3-8)18(16,17)11-7-6-10(13-12)14-15-11/h2-7H,12H2,1H3,(H,13,14). The third kappa shape index (κ3) is 2.31. The lowest BCUT2D eigenvalue weighted by Gasteiger charge is -2.04. The highest BCUT2D eigenvalue weighted by Crippen LogP contribution is 2.19. The molecule has 0 saturated heterocycles. The molecule has 1 aromatic carbocycles. The minimum absolute atomic E-state index is 0.106. The van der Waals surface area contributed by atoms with E-state index >= 15 is 0 Å². The number of nitrogens with two attached hydrogens (primary N) is 1. The van der Waals surface area contributed by atoms with Crippen LogP contribution in [0.5, 0.6) is 0 Å². The van der Waals surface area contributed by atoms with Gasteiger partial charge in [-0.1, -0.05) is 17.7 Å². The minimum atomic E-state index is -3.62. The number of sulfone groups is 1. The molecule has 18 heavy (non-hydrogen) atoms. The van der Waals surface area contributed by atoms with E-state index in [0.29, 0.717) is 5.82 Å². The predicted molar refractivity (Wildman–Crippen MR) is 66.5 cm³/mol. The number of aryl methyl sites for hydroxylation is 1. The van der Waals surface area contributed by atoms with Crippen LogP contribution >= 0.6 is 0 Å². The second-order valence-electron chi connectivity index (χ2n) is 3.72. The third-order valence-electron chi connectivity index (χ3n) is 2.39. The summed E-state index contributed by atoms with van der Waals surface area (Å²) >= 11 is 0. The molecule has 2 aromatic rings. The van der Waals surface area contributed by atoms with Gasteiger partial charge in [0.15, 0.2) is 10.8 Å². The van der Waals surface area contributed by atoms with Crippen molar-refractivity contribution in [3.05, 3.63) is 42.0 Å². The fraction of sp³-hybridized carbons (Fsp3) is 0.0909. The number of hydrazine groups is 1. The van der Waals surface area contributed by atoms with Gasteiger partial charge in [-0.05, 0) is 31.2 Å². The van der Waals surface area contributed by atoms with Gasteiger partial charge in [0.1, 0.15) is 0 Å². The van der Waals surface area contributed by atoms with Crippen LogP contribution in [0.3, 0.4) is 0 Å². The van der Waals surface area contributed by atoms with E-state index in [1.165, 1.54) is 12.1 Å². The smallest absolute Gasteiger partial charge is 0.225 e. The van der Waals surface area contributed by atoms with Gasteiger partial charge in [-0.15, -0.1) is 10.2 Å². The van der Waals surface area contributed by atoms with E-state index in [4.69, 9.17) is 5.84 Å².